The number of nitrogens with two attached hydrogens (primary N) is 1. The second-order valence-electron chi connectivity index (χ2n) is 5.61. The standard InChI is InChI=1S/C14H20FN3O3/c1-8(2)14(4,7-16)17-13(19)11-6-10(18(20)21)5-9(3)12(11)15/h5-6,8H,7,16H2,1-4H3,(H,17,19). The Bertz CT molecular complexity index is 575. The molecular formula is C14H20FN3O3. The van der Waals surface area contributed by atoms with Crippen LogP contribution in [0.1, 0.15) is 36.7 Å². The smallest absolute Gasteiger partial charge is 0.270 e. The summed E-state index contributed by atoms with van der Waals surface area (Å²) in [4.78, 5) is 22.4. The van der Waals surface area contributed by atoms with Crippen LogP contribution in [0.4, 0.5) is 10.1 Å². The number of rotatable bonds is 5. The highest BCUT2D eigenvalue weighted by Gasteiger charge is 2.30. The zero-order valence-corrected chi connectivity index (χ0v) is 12.6. The number of nitrogens with zero attached hydrogens (tertiary/aromatic N) is 1. The van der Waals surface area contributed by atoms with Crippen LogP contribution in [0, 0.1) is 28.8 Å². The van der Waals surface area contributed by atoms with Crippen LogP contribution >= 0.6 is 0 Å². The van der Waals surface area contributed by atoms with E-state index in [0.29, 0.717) is 0 Å². The van der Waals surface area contributed by atoms with Crippen molar-refractivity contribution in [2.24, 2.45) is 11.7 Å². The summed E-state index contributed by atoms with van der Waals surface area (Å²) >= 11 is 0. The quantitative estimate of drug-likeness (QED) is 0.642. The minimum atomic E-state index is -0.763. The topological polar surface area (TPSA) is 98.3 Å². The molecule has 3 N–H and O–H groups in total. The van der Waals surface area contributed by atoms with Crippen molar-refractivity contribution in [3.8, 4) is 0 Å². The van der Waals surface area contributed by atoms with E-state index in [-0.39, 0.29) is 29.3 Å². The third kappa shape index (κ3) is 3.55. The molecule has 0 saturated heterocycles. The summed E-state index contributed by atoms with van der Waals surface area (Å²) in [5.74, 6) is -1.45. The molecule has 0 spiro atoms. The second kappa shape index (κ2) is 6.17. The summed E-state index contributed by atoms with van der Waals surface area (Å²) in [6.45, 7) is 7.05. The van der Waals surface area contributed by atoms with E-state index in [0.717, 1.165) is 12.1 Å². The molecule has 0 bridgehead atoms. The number of carbonyl (C=O) groups is 1. The lowest BCUT2D eigenvalue weighted by atomic mass is 9.88. The molecule has 0 fully saturated rings. The summed E-state index contributed by atoms with van der Waals surface area (Å²) in [5, 5.41) is 13.5. The first kappa shape index (κ1) is 17.0. The van der Waals surface area contributed by atoms with Crippen molar-refractivity contribution in [2.45, 2.75) is 33.2 Å². The van der Waals surface area contributed by atoms with Crippen molar-refractivity contribution in [1.82, 2.24) is 5.32 Å². The Morgan fingerprint density at radius 3 is 2.52 bits per heavy atom. The van der Waals surface area contributed by atoms with Gasteiger partial charge in [-0.05, 0) is 25.3 Å². The monoisotopic (exact) mass is 297 g/mol. The fourth-order valence-corrected chi connectivity index (χ4v) is 1.78. The number of nitro benzene ring substituents is 1. The molecule has 1 unspecified atom stereocenters. The van der Waals surface area contributed by atoms with Crippen LogP contribution in [-0.4, -0.2) is 22.9 Å². The molecule has 0 heterocycles. The molecular weight excluding hydrogens is 277 g/mol. The van der Waals surface area contributed by atoms with Crippen molar-refractivity contribution in [3.63, 3.8) is 0 Å². The highest BCUT2D eigenvalue weighted by atomic mass is 19.1. The van der Waals surface area contributed by atoms with Crippen LogP contribution in [0.25, 0.3) is 0 Å². The molecule has 0 aliphatic heterocycles. The lowest BCUT2D eigenvalue weighted by Crippen LogP contribution is -2.55. The van der Waals surface area contributed by atoms with Crippen molar-refractivity contribution in [1.29, 1.82) is 0 Å². The molecule has 0 radical (unpaired) electrons. The molecule has 0 aromatic heterocycles. The van der Waals surface area contributed by atoms with Crippen LogP contribution in [0.5, 0.6) is 0 Å². The molecule has 0 aliphatic rings. The Morgan fingerprint density at radius 1 is 1.52 bits per heavy atom. The van der Waals surface area contributed by atoms with Crippen LogP contribution in [0.15, 0.2) is 12.1 Å². The zero-order chi connectivity index (χ0) is 16.4. The number of hydrogen-bond donors (Lipinski definition) is 2. The number of aryl methyl sites for hydroxylation is 1. The molecule has 21 heavy (non-hydrogen) atoms. The number of hydrogen-bond acceptors (Lipinski definition) is 4. The average molecular weight is 297 g/mol. The number of nitrogens with one attached hydrogen (secondary N) is 1. The SMILES string of the molecule is Cc1cc([N+](=O)[O-])cc(C(=O)NC(C)(CN)C(C)C)c1F. The predicted octanol–water partition coefficient (Wildman–Crippen LogP) is 2.15. The number of amides is 1. The van der Waals surface area contributed by atoms with Gasteiger partial charge in [-0.25, -0.2) is 4.39 Å². The summed E-state index contributed by atoms with van der Waals surface area (Å²) in [6, 6.07) is 2.03. The van der Waals surface area contributed by atoms with E-state index in [4.69, 9.17) is 5.73 Å². The minimum Gasteiger partial charge on any atom is -0.345 e. The van der Waals surface area contributed by atoms with E-state index < -0.39 is 22.2 Å². The lowest BCUT2D eigenvalue weighted by molar-refractivity contribution is -0.385. The molecule has 1 aromatic carbocycles. The first-order chi connectivity index (χ1) is 9.62. The first-order valence-electron chi connectivity index (χ1n) is 6.59. The number of non-ortho nitro benzene ring substituents is 1. The van der Waals surface area contributed by atoms with Crippen LogP contribution < -0.4 is 11.1 Å². The average Bonchev–Trinajstić information content (AvgIpc) is 2.40. The summed E-state index contributed by atoms with van der Waals surface area (Å²) < 4.78 is 14.1. The van der Waals surface area contributed by atoms with Crippen molar-refractivity contribution >= 4 is 11.6 Å². The zero-order valence-electron chi connectivity index (χ0n) is 12.6. The number of nitro groups is 1. The van der Waals surface area contributed by atoms with Crippen LogP contribution in [-0.2, 0) is 0 Å². The van der Waals surface area contributed by atoms with Gasteiger partial charge in [-0.1, -0.05) is 13.8 Å². The number of carbonyl (C=O) groups excluding carboxylic acids is 1. The van der Waals surface area contributed by atoms with Gasteiger partial charge in [0, 0.05) is 18.7 Å². The molecule has 6 nitrogen and oxygen atoms in total. The van der Waals surface area contributed by atoms with E-state index in [1.807, 2.05) is 13.8 Å². The molecule has 116 valence electrons. The van der Waals surface area contributed by atoms with Crippen LogP contribution in [0.2, 0.25) is 0 Å². The van der Waals surface area contributed by atoms with Gasteiger partial charge in [-0.2, -0.15) is 0 Å². The Balaban J connectivity index is 3.21. The third-order valence-electron chi connectivity index (χ3n) is 3.79. The second-order valence-corrected chi connectivity index (χ2v) is 5.61. The highest BCUT2D eigenvalue weighted by Crippen LogP contribution is 2.22. The van der Waals surface area contributed by atoms with Gasteiger partial charge in [0.05, 0.1) is 16.0 Å². The molecule has 0 saturated carbocycles. The Hall–Kier alpha value is -2.02. The van der Waals surface area contributed by atoms with Gasteiger partial charge in [0.2, 0.25) is 0 Å². The number of halogens is 1. The highest BCUT2D eigenvalue weighted by molar-refractivity contribution is 5.95. The largest absolute Gasteiger partial charge is 0.345 e. The van der Waals surface area contributed by atoms with Gasteiger partial charge >= 0.3 is 0 Å². The number of benzene rings is 1. The van der Waals surface area contributed by atoms with Crippen molar-refractivity contribution in [3.05, 3.63) is 39.2 Å². The summed E-state index contributed by atoms with van der Waals surface area (Å²) in [6.07, 6.45) is 0. The fourth-order valence-electron chi connectivity index (χ4n) is 1.78. The fraction of sp³-hybridized carbons (Fsp3) is 0.500. The molecule has 1 aromatic rings. The molecule has 0 aliphatic carbocycles. The lowest BCUT2D eigenvalue weighted by Gasteiger charge is -2.33. The maximum atomic E-state index is 14.1. The summed E-state index contributed by atoms with van der Waals surface area (Å²) in [7, 11) is 0. The minimum absolute atomic E-state index is 0.0225. The molecule has 1 atom stereocenters. The van der Waals surface area contributed by atoms with Gasteiger partial charge in [-0.15, -0.1) is 0 Å². The Morgan fingerprint density at radius 2 is 2.10 bits per heavy atom. The first-order valence-corrected chi connectivity index (χ1v) is 6.59. The van der Waals surface area contributed by atoms with Gasteiger partial charge in [0.25, 0.3) is 11.6 Å². The van der Waals surface area contributed by atoms with Gasteiger partial charge < -0.3 is 11.1 Å². The Kier molecular flexibility index (Phi) is 5.01. The maximum absolute atomic E-state index is 14.1. The van der Waals surface area contributed by atoms with Gasteiger partial charge in [-0.3, -0.25) is 14.9 Å². The van der Waals surface area contributed by atoms with E-state index in [1.54, 1.807) is 6.92 Å². The molecule has 1 rings (SSSR count). The van der Waals surface area contributed by atoms with E-state index >= 15 is 0 Å². The third-order valence-corrected chi connectivity index (χ3v) is 3.79. The van der Waals surface area contributed by atoms with E-state index in [9.17, 15) is 19.3 Å². The van der Waals surface area contributed by atoms with Gasteiger partial charge in [0.15, 0.2) is 0 Å². The Labute approximate surface area is 122 Å². The molecule has 1 amide bonds. The van der Waals surface area contributed by atoms with Crippen molar-refractivity contribution in [2.75, 3.05) is 6.54 Å². The normalized spacial score (nSPS) is 13.9. The van der Waals surface area contributed by atoms with Gasteiger partial charge in [0.1, 0.15) is 5.82 Å². The maximum Gasteiger partial charge on any atom is 0.270 e. The molecule has 7 heteroatoms. The predicted molar refractivity (Wildman–Crippen MR) is 77.6 cm³/mol. The van der Waals surface area contributed by atoms with Crippen molar-refractivity contribution < 1.29 is 14.1 Å². The van der Waals surface area contributed by atoms with E-state index in [2.05, 4.69) is 5.32 Å². The van der Waals surface area contributed by atoms with Crippen LogP contribution in [0.3, 0.4) is 0 Å². The summed E-state index contributed by atoms with van der Waals surface area (Å²) in [5.41, 5.74) is 4.33. The van der Waals surface area contributed by atoms with E-state index in [1.165, 1.54) is 6.92 Å².